The lowest BCUT2D eigenvalue weighted by atomic mass is 9.95. The van der Waals surface area contributed by atoms with Crippen molar-refractivity contribution in [1.29, 1.82) is 0 Å². The largest absolute Gasteiger partial charge is 0.444 e. The zero-order valence-electron chi connectivity index (χ0n) is 20.9. The number of piperazine rings is 1. The van der Waals surface area contributed by atoms with E-state index in [1.807, 2.05) is 51.7 Å². The third-order valence-electron chi connectivity index (χ3n) is 6.44. The summed E-state index contributed by atoms with van der Waals surface area (Å²) in [6.45, 7) is 10.9. The van der Waals surface area contributed by atoms with Gasteiger partial charge in [-0.1, -0.05) is 17.7 Å². The van der Waals surface area contributed by atoms with E-state index in [4.69, 9.17) is 16.3 Å². The molecule has 0 radical (unpaired) electrons. The van der Waals surface area contributed by atoms with Crippen molar-refractivity contribution in [3.63, 3.8) is 0 Å². The first-order valence-corrected chi connectivity index (χ1v) is 12.2. The van der Waals surface area contributed by atoms with Crippen molar-refractivity contribution in [3.05, 3.63) is 47.1 Å². The molecule has 1 amide bonds. The first-order valence-electron chi connectivity index (χ1n) is 11.9. The van der Waals surface area contributed by atoms with E-state index in [1.165, 1.54) is 6.33 Å². The van der Waals surface area contributed by atoms with Gasteiger partial charge in [-0.05, 0) is 52.3 Å². The van der Waals surface area contributed by atoms with E-state index in [0.29, 0.717) is 42.0 Å². The molecule has 0 aliphatic carbocycles. The molecule has 8 nitrogen and oxygen atoms in total. The average molecular weight is 511 g/mol. The minimum absolute atomic E-state index is 0.125. The van der Waals surface area contributed by atoms with Gasteiger partial charge in [0.2, 0.25) is 0 Å². The van der Waals surface area contributed by atoms with E-state index < -0.39 is 11.4 Å². The fourth-order valence-electron chi connectivity index (χ4n) is 4.80. The van der Waals surface area contributed by atoms with E-state index >= 15 is 4.39 Å². The summed E-state index contributed by atoms with van der Waals surface area (Å²) in [7, 11) is 0. The molecule has 1 fully saturated rings. The molecule has 10 heteroatoms. The third kappa shape index (κ3) is 4.21. The Kier molecular flexibility index (Phi) is 5.98. The van der Waals surface area contributed by atoms with Crippen LogP contribution in [0.15, 0.2) is 30.7 Å². The van der Waals surface area contributed by atoms with Crippen LogP contribution < -0.4 is 4.90 Å². The lowest BCUT2D eigenvalue weighted by molar-refractivity contribution is 0.0159. The van der Waals surface area contributed by atoms with Crippen LogP contribution in [0, 0.1) is 12.7 Å². The number of halogens is 2. The monoisotopic (exact) mass is 510 g/mol. The van der Waals surface area contributed by atoms with Crippen molar-refractivity contribution in [1.82, 2.24) is 25.1 Å². The van der Waals surface area contributed by atoms with Crippen LogP contribution in [-0.2, 0) is 4.74 Å². The number of amides is 1. The number of H-pyrrole nitrogens is 1. The van der Waals surface area contributed by atoms with Gasteiger partial charge in [-0.15, -0.1) is 0 Å². The molecular formula is C26H28ClFN6O2. The number of aromatic amines is 1. The van der Waals surface area contributed by atoms with Crippen molar-refractivity contribution >= 4 is 45.3 Å². The van der Waals surface area contributed by atoms with Gasteiger partial charge in [0.1, 0.15) is 23.3 Å². The SMILES string of the molecule is Cc1ccc2[nH]ncc2c1-c1c(Cl)cc2c(N3CCN(C(=O)OC(C)(C)C)C(C)C3)ncnc2c1F. The topological polar surface area (TPSA) is 87.2 Å². The summed E-state index contributed by atoms with van der Waals surface area (Å²) < 4.78 is 21.6. The minimum Gasteiger partial charge on any atom is -0.444 e. The van der Waals surface area contributed by atoms with Gasteiger partial charge in [0.25, 0.3) is 0 Å². The minimum atomic E-state index is -0.568. The Labute approximate surface area is 213 Å². The number of anilines is 1. The normalized spacial score (nSPS) is 16.7. The number of carbonyl (C=O) groups is 1. The highest BCUT2D eigenvalue weighted by Crippen LogP contribution is 2.41. The van der Waals surface area contributed by atoms with Crippen molar-refractivity contribution < 1.29 is 13.9 Å². The molecule has 0 spiro atoms. The Morgan fingerprint density at radius 2 is 1.97 bits per heavy atom. The van der Waals surface area contributed by atoms with E-state index in [0.717, 1.165) is 16.5 Å². The predicted octanol–water partition coefficient (Wildman–Crippen LogP) is 5.72. The fraction of sp³-hybridized carbons (Fsp3) is 0.385. The molecule has 3 heterocycles. The van der Waals surface area contributed by atoms with Gasteiger partial charge >= 0.3 is 6.09 Å². The highest BCUT2D eigenvalue weighted by molar-refractivity contribution is 6.35. The molecule has 36 heavy (non-hydrogen) atoms. The molecule has 4 aromatic rings. The number of aryl methyl sites for hydroxylation is 1. The maximum absolute atomic E-state index is 16.1. The highest BCUT2D eigenvalue weighted by Gasteiger charge is 2.32. The standard InChI is InChI=1S/C26H28ClFN6O2/c1-14-6-7-19-17(11-31-32-19)20(14)21-18(27)10-16-23(22(21)28)29-13-30-24(16)33-8-9-34(15(2)12-33)25(35)36-26(3,4)5/h6-7,10-11,13,15H,8-9,12H2,1-5H3,(H,31,32). The number of nitrogens with one attached hydrogen (secondary N) is 1. The maximum Gasteiger partial charge on any atom is 0.410 e. The van der Waals surface area contributed by atoms with Crippen LogP contribution in [0.2, 0.25) is 5.02 Å². The number of hydrogen-bond acceptors (Lipinski definition) is 6. The number of rotatable bonds is 2. The lowest BCUT2D eigenvalue weighted by Crippen LogP contribution is -2.55. The molecule has 0 bridgehead atoms. The molecule has 1 saturated heterocycles. The summed E-state index contributed by atoms with van der Waals surface area (Å²) >= 11 is 6.73. The first-order chi connectivity index (χ1) is 17.0. The van der Waals surface area contributed by atoms with Gasteiger partial charge in [0.05, 0.1) is 16.7 Å². The van der Waals surface area contributed by atoms with Gasteiger partial charge < -0.3 is 14.5 Å². The van der Waals surface area contributed by atoms with Crippen LogP contribution in [0.4, 0.5) is 15.0 Å². The van der Waals surface area contributed by atoms with E-state index in [2.05, 4.69) is 20.2 Å². The van der Waals surface area contributed by atoms with Crippen LogP contribution in [0.1, 0.15) is 33.3 Å². The summed E-state index contributed by atoms with van der Waals surface area (Å²) in [5, 5.41) is 8.63. The Hall–Kier alpha value is -3.46. The van der Waals surface area contributed by atoms with Crippen molar-refractivity contribution in [2.24, 2.45) is 0 Å². The second-order valence-corrected chi connectivity index (χ2v) is 10.6. The molecule has 5 rings (SSSR count). The van der Waals surface area contributed by atoms with Crippen molar-refractivity contribution in [2.45, 2.75) is 46.3 Å². The molecular weight excluding hydrogens is 483 g/mol. The Balaban J connectivity index is 1.53. The zero-order chi connectivity index (χ0) is 25.8. The Morgan fingerprint density at radius 1 is 1.19 bits per heavy atom. The lowest BCUT2D eigenvalue weighted by Gasteiger charge is -2.40. The Morgan fingerprint density at radius 3 is 2.69 bits per heavy atom. The number of hydrogen-bond donors (Lipinski definition) is 1. The summed E-state index contributed by atoms with van der Waals surface area (Å²) in [5.74, 6) is 0.0830. The molecule has 2 aromatic heterocycles. The van der Waals surface area contributed by atoms with Gasteiger partial charge in [0.15, 0.2) is 5.82 Å². The maximum atomic E-state index is 16.1. The third-order valence-corrected chi connectivity index (χ3v) is 6.74. The quantitative estimate of drug-likeness (QED) is 0.371. The molecule has 2 aromatic carbocycles. The number of nitrogens with zero attached hydrogens (tertiary/aromatic N) is 5. The number of benzene rings is 2. The van der Waals surface area contributed by atoms with Crippen molar-refractivity contribution in [3.8, 4) is 11.1 Å². The van der Waals surface area contributed by atoms with E-state index in [-0.39, 0.29) is 22.7 Å². The zero-order valence-corrected chi connectivity index (χ0v) is 21.6. The fourth-order valence-corrected chi connectivity index (χ4v) is 5.08. The van der Waals surface area contributed by atoms with Crippen LogP contribution >= 0.6 is 11.6 Å². The average Bonchev–Trinajstić information content (AvgIpc) is 3.28. The second kappa shape index (κ2) is 8.89. The number of aromatic nitrogens is 4. The number of ether oxygens (including phenoxy) is 1. The molecule has 188 valence electrons. The number of carbonyl (C=O) groups excluding carboxylic acids is 1. The van der Waals surface area contributed by atoms with Crippen LogP contribution in [-0.4, -0.2) is 62.4 Å². The van der Waals surface area contributed by atoms with Gasteiger partial charge in [-0.3, -0.25) is 5.10 Å². The van der Waals surface area contributed by atoms with Crippen LogP contribution in [0.25, 0.3) is 32.9 Å². The van der Waals surface area contributed by atoms with Crippen LogP contribution in [0.5, 0.6) is 0 Å². The first kappa shape index (κ1) is 24.2. The van der Waals surface area contributed by atoms with E-state index in [9.17, 15) is 4.79 Å². The summed E-state index contributed by atoms with van der Waals surface area (Å²) in [6, 6.07) is 5.42. The predicted molar refractivity (Wildman–Crippen MR) is 139 cm³/mol. The Bertz CT molecular complexity index is 1480. The molecule has 1 aliphatic rings. The van der Waals surface area contributed by atoms with Crippen molar-refractivity contribution in [2.75, 3.05) is 24.5 Å². The number of fused-ring (bicyclic) bond motifs is 2. The molecule has 1 unspecified atom stereocenters. The van der Waals surface area contributed by atoms with Gasteiger partial charge in [-0.25, -0.2) is 19.2 Å². The molecule has 1 N–H and O–H groups in total. The summed E-state index contributed by atoms with van der Waals surface area (Å²) in [6.07, 6.45) is 2.70. The molecule has 1 aliphatic heterocycles. The molecule has 1 atom stereocenters. The summed E-state index contributed by atoms with van der Waals surface area (Å²) in [4.78, 5) is 25.1. The molecule has 0 saturated carbocycles. The highest BCUT2D eigenvalue weighted by atomic mass is 35.5. The summed E-state index contributed by atoms with van der Waals surface area (Å²) in [5.41, 5.74) is 2.28. The van der Waals surface area contributed by atoms with Crippen LogP contribution in [0.3, 0.4) is 0 Å². The second-order valence-electron chi connectivity index (χ2n) is 10.2. The smallest absolute Gasteiger partial charge is 0.410 e. The van der Waals surface area contributed by atoms with Gasteiger partial charge in [0, 0.05) is 47.6 Å². The van der Waals surface area contributed by atoms with E-state index in [1.54, 1.807) is 17.2 Å². The van der Waals surface area contributed by atoms with Gasteiger partial charge in [-0.2, -0.15) is 5.10 Å².